The minimum atomic E-state index is -0.203. The van der Waals surface area contributed by atoms with Gasteiger partial charge in [-0.1, -0.05) is 34.7 Å². The Morgan fingerprint density at radius 2 is 2.26 bits per heavy atom. The number of aromatic nitrogens is 2. The molecule has 1 N–H and O–H groups in total. The lowest BCUT2D eigenvalue weighted by atomic mass is 10.2. The highest BCUT2D eigenvalue weighted by molar-refractivity contribution is 8.02. The van der Waals surface area contributed by atoms with Gasteiger partial charge < -0.3 is 5.32 Å². The molecular formula is C11H12ClN3OS3. The van der Waals surface area contributed by atoms with Gasteiger partial charge in [0.2, 0.25) is 5.91 Å². The van der Waals surface area contributed by atoms with E-state index in [9.17, 15) is 4.79 Å². The molecule has 2 aromatic rings. The average Bonchev–Trinajstić information content (AvgIpc) is 3.00. The number of carbonyl (C=O) groups is 1. The summed E-state index contributed by atoms with van der Waals surface area (Å²) in [6.07, 6.45) is 0. The molecule has 102 valence electrons. The molecule has 0 radical (unpaired) electrons. The quantitative estimate of drug-likeness (QED) is 0.849. The molecule has 2 atom stereocenters. The van der Waals surface area contributed by atoms with Crippen LogP contribution in [0.5, 0.6) is 0 Å². The summed E-state index contributed by atoms with van der Waals surface area (Å²) >= 11 is 10.2. The van der Waals surface area contributed by atoms with Crippen molar-refractivity contribution in [1.29, 1.82) is 0 Å². The van der Waals surface area contributed by atoms with Crippen molar-refractivity contribution in [2.24, 2.45) is 0 Å². The van der Waals surface area contributed by atoms with Crippen LogP contribution in [0.15, 0.2) is 22.0 Å². The Bertz CT molecular complexity index is 543. The summed E-state index contributed by atoms with van der Waals surface area (Å²) in [6, 6.07) is 3.73. The highest BCUT2D eigenvalue weighted by Crippen LogP contribution is 2.28. The molecule has 0 saturated heterocycles. The Balaban J connectivity index is 1.89. The van der Waals surface area contributed by atoms with Gasteiger partial charge in [0, 0.05) is 4.88 Å². The highest BCUT2D eigenvalue weighted by Gasteiger charge is 2.19. The van der Waals surface area contributed by atoms with E-state index in [4.69, 9.17) is 11.6 Å². The highest BCUT2D eigenvalue weighted by atomic mass is 35.5. The van der Waals surface area contributed by atoms with E-state index < -0.39 is 0 Å². The first-order valence-corrected chi connectivity index (χ1v) is 8.50. The smallest absolute Gasteiger partial charge is 0.233 e. The number of rotatable bonds is 5. The van der Waals surface area contributed by atoms with Crippen molar-refractivity contribution >= 4 is 51.9 Å². The Hall–Kier alpha value is -0.630. The molecule has 4 nitrogen and oxygen atoms in total. The molecule has 2 unspecified atom stereocenters. The average molecular weight is 334 g/mol. The Morgan fingerprint density at radius 3 is 2.84 bits per heavy atom. The van der Waals surface area contributed by atoms with Crippen molar-refractivity contribution in [3.63, 3.8) is 0 Å². The van der Waals surface area contributed by atoms with Crippen LogP contribution in [0.3, 0.4) is 0 Å². The Kier molecular flexibility index (Phi) is 5.20. The van der Waals surface area contributed by atoms with Crippen molar-refractivity contribution in [1.82, 2.24) is 15.5 Å². The monoisotopic (exact) mass is 333 g/mol. The van der Waals surface area contributed by atoms with E-state index in [0.29, 0.717) is 0 Å². The number of thiophene rings is 1. The number of nitrogens with one attached hydrogen (secondary N) is 1. The lowest BCUT2D eigenvalue weighted by Crippen LogP contribution is -2.32. The van der Waals surface area contributed by atoms with Crippen LogP contribution in [0.25, 0.3) is 0 Å². The molecule has 0 saturated carbocycles. The van der Waals surface area contributed by atoms with E-state index in [1.807, 2.05) is 26.0 Å². The van der Waals surface area contributed by atoms with Gasteiger partial charge in [-0.3, -0.25) is 4.79 Å². The third-order valence-electron chi connectivity index (χ3n) is 2.37. The third kappa shape index (κ3) is 4.17. The Morgan fingerprint density at radius 1 is 1.47 bits per heavy atom. The van der Waals surface area contributed by atoms with Gasteiger partial charge in [0.05, 0.1) is 15.6 Å². The third-order valence-corrected chi connectivity index (χ3v) is 5.69. The first-order valence-electron chi connectivity index (χ1n) is 5.54. The summed E-state index contributed by atoms with van der Waals surface area (Å²) in [7, 11) is 0. The molecule has 0 spiro atoms. The van der Waals surface area contributed by atoms with Crippen molar-refractivity contribution in [2.75, 3.05) is 0 Å². The number of carbonyl (C=O) groups excluding carboxylic acids is 1. The number of halogens is 1. The van der Waals surface area contributed by atoms with Crippen LogP contribution in [-0.2, 0) is 4.79 Å². The van der Waals surface area contributed by atoms with E-state index in [1.54, 1.807) is 5.51 Å². The standard InChI is InChI=1S/C11H12ClN3OS3/c1-6(8-3-4-9(12)19-8)14-10(16)7(2)18-11-15-13-5-17-11/h3-7H,1-2H3,(H,14,16). The second-order valence-corrected chi connectivity index (χ2v) is 8.00. The second kappa shape index (κ2) is 6.69. The molecular weight excluding hydrogens is 322 g/mol. The molecule has 2 aromatic heterocycles. The van der Waals surface area contributed by atoms with Crippen LogP contribution in [0.1, 0.15) is 24.8 Å². The second-order valence-electron chi connectivity index (χ2n) is 3.84. The minimum absolute atomic E-state index is 0.0165. The fourth-order valence-corrected chi connectivity index (χ4v) is 4.08. The van der Waals surface area contributed by atoms with Crippen LogP contribution in [0.4, 0.5) is 0 Å². The molecule has 0 aliphatic heterocycles. The number of nitrogens with zero attached hydrogens (tertiary/aromatic N) is 2. The predicted octanol–water partition coefficient (Wildman–Crippen LogP) is 3.61. The zero-order chi connectivity index (χ0) is 13.8. The molecule has 0 aromatic carbocycles. The zero-order valence-corrected chi connectivity index (χ0v) is 13.5. The van der Waals surface area contributed by atoms with E-state index in [-0.39, 0.29) is 17.2 Å². The van der Waals surface area contributed by atoms with Crippen LogP contribution >= 0.6 is 46.0 Å². The fraction of sp³-hybridized carbons (Fsp3) is 0.364. The summed E-state index contributed by atoms with van der Waals surface area (Å²) in [5, 5.41) is 10.4. The molecule has 0 bridgehead atoms. The predicted molar refractivity (Wildman–Crippen MR) is 81.1 cm³/mol. The Labute approximate surface area is 128 Å². The summed E-state index contributed by atoms with van der Waals surface area (Å²) in [5.41, 5.74) is 1.66. The lowest BCUT2D eigenvalue weighted by molar-refractivity contribution is -0.120. The first kappa shape index (κ1) is 14.8. The summed E-state index contributed by atoms with van der Waals surface area (Å²) in [4.78, 5) is 13.1. The SMILES string of the molecule is CC(Sc1nncs1)C(=O)NC(C)c1ccc(Cl)s1. The van der Waals surface area contributed by atoms with E-state index in [0.717, 1.165) is 13.6 Å². The molecule has 0 fully saturated rings. The van der Waals surface area contributed by atoms with Gasteiger partial charge in [-0.05, 0) is 26.0 Å². The van der Waals surface area contributed by atoms with E-state index in [2.05, 4.69) is 15.5 Å². The van der Waals surface area contributed by atoms with Gasteiger partial charge in [0.1, 0.15) is 5.51 Å². The van der Waals surface area contributed by atoms with Crippen molar-refractivity contribution in [3.05, 3.63) is 26.9 Å². The maximum Gasteiger partial charge on any atom is 0.233 e. The van der Waals surface area contributed by atoms with Crippen LogP contribution in [0.2, 0.25) is 4.34 Å². The minimum Gasteiger partial charge on any atom is -0.348 e. The van der Waals surface area contributed by atoms with Crippen molar-refractivity contribution in [3.8, 4) is 0 Å². The maximum atomic E-state index is 12.1. The molecule has 0 aliphatic carbocycles. The lowest BCUT2D eigenvalue weighted by Gasteiger charge is -2.15. The van der Waals surface area contributed by atoms with E-state index in [1.165, 1.54) is 34.4 Å². The largest absolute Gasteiger partial charge is 0.348 e. The first-order chi connectivity index (χ1) is 9.06. The van der Waals surface area contributed by atoms with Crippen molar-refractivity contribution in [2.45, 2.75) is 29.5 Å². The molecule has 2 heterocycles. The fourth-order valence-electron chi connectivity index (χ4n) is 1.38. The molecule has 2 rings (SSSR count). The number of hydrogen-bond donors (Lipinski definition) is 1. The molecule has 1 amide bonds. The number of thioether (sulfide) groups is 1. The number of amides is 1. The maximum absolute atomic E-state index is 12.1. The van der Waals surface area contributed by atoms with Crippen LogP contribution in [-0.4, -0.2) is 21.4 Å². The van der Waals surface area contributed by atoms with Crippen molar-refractivity contribution < 1.29 is 4.79 Å². The summed E-state index contributed by atoms with van der Waals surface area (Å²) in [5.74, 6) is -0.0165. The summed E-state index contributed by atoms with van der Waals surface area (Å²) < 4.78 is 1.53. The number of hydrogen-bond acceptors (Lipinski definition) is 6. The molecule has 0 aliphatic rings. The zero-order valence-electron chi connectivity index (χ0n) is 10.3. The van der Waals surface area contributed by atoms with Gasteiger partial charge in [-0.15, -0.1) is 21.5 Å². The molecule has 19 heavy (non-hydrogen) atoms. The normalized spacial score (nSPS) is 14.1. The van der Waals surface area contributed by atoms with Gasteiger partial charge in [0.15, 0.2) is 4.34 Å². The van der Waals surface area contributed by atoms with Gasteiger partial charge in [-0.25, -0.2) is 0 Å². The van der Waals surface area contributed by atoms with Crippen LogP contribution in [0, 0.1) is 0 Å². The van der Waals surface area contributed by atoms with Crippen LogP contribution < -0.4 is 5.32 Å². The van der Waals surface area contributed by atoms with Gasteiger partial charge in [0.25, 0.3) is 0 Å². The van der Waals surface area contributed by atoms with Gasteiger partial charge >= 0.3 is 0 Å². The van der Waals surface area contributed by atoms with Gasteiger partial charge in [-0.2, -0.15) is 0 Å². The van der Waals surface area contributed by atoms with E-state index >= 15 is 0 Å². The topological polar surface area (TPSA) is 54.9 Å². The summed E-state index contributed by atoms with van der Waals surface area (Å²) in [6.45, 7) is 3.80. The molecule has 8 heteroatoms.